The van der Waals surface area contributed by atoms with Crippen LogP contribution < -0.4 is 16.0 Å². The molecule has 1 aromatic rings. The summed E-state index contributed by atoms with van der Waals surface area (Å²) in [5, 5.41) is 8.87. The molecule has 3 N–H and O–H groups in total. The van der Waals surface area contributed by atoms with E-state index in [-0.39, 0.29) is 43.1 Å². The Morgan fingerprint density at radius 3 is 2.65 bits per heavy atom. The summed E-state index contributed by atoms with van der Waals surface area (Å²) in [6, 6.07) is 4.52. The maximum atomic E-state index is 14.4. The number of amides is 3. The molecule has 2 aliphatic rings. The van der Waals surface area contributed by atoms with Gasteiger partial charge < -0.3 is 35.1 Å². The Labute approximate surface area is 219 Å². The summed E-state index contributed by atoms with van der Waals surface area (Å²) in [5.41, 5.74) is 1.59. The zero-order valence-corrected chi connectivity index (χ0v) is 22.4. The third kappa shape index (κ3) is 9.12. The summed E-state index contributed by atoms with van der Waals surface area (Å²) in [7, 11) is 3.39. The van der Waals surface area contributed by atoms with E-state index in [4.69, 9.17) is 14.2 Å². The monoisotopic (exact) mass is 522 g/mol. The smallest absolute Gasteiger partial charge is 0.406 e. The molecule has 3 amide bonds. The maximum Gasteiger partial charge on any atom is 0.406 e. The molecule has 2 heterocycles. The van der Waals surface area contributed by atoms with Crippen LogP contribution in [0, 0.1) is 24.6 Å². The van der Waals surface area contributed by atoms with Gasteiger partial charge in [-0.05, 0) is 75.3 Å². The number of piperidine rings is 1. The number of nitrogens with zero attached hydrogens (tertiary/aromatic N) is 1. The van der Waals surface area contributed by atoms with Crippen molar-refractivity contribution < 1.29 is 28.2 Å². The minimum atomic E-state index is -0.505. The Morgan fingerprint density at radius 1 is 1.16 bits per heavy atom. The number of carbonyl (C=O) groups is 2. The molecule has 9 nitrogen and oxygen atoms in total. The Kier molecular flexibility index (Phi) is 11.9. The summed E-state index contributed by atoms with van der Waals surface area (Å²) >= 11 is 0. The normalized spacial score (nSPS) is 21.4. The van der Waals surface area contributed by atoms with E-state index in [0.717, 1.165) is 56.4 Å². The van der Waals surface area contributed by atoms with Gasteiger partial charge in [-0.15, -0.1) is 0 Å². The highest BCUT2D eigenvalue weighted by atomic mass is 19.1. The molecule has 208 valence electrons. The summed E-state index contributed by atoms with van der Waals surface area (Å²) in [6.07, 6.45) is 4.09. The largest absolute Gasteiger partial charge is 0.447 e. The van der Waals surface area contributed by atoms with Crippen LogP contribution in [-0.4, -0.2) is 83.3 Å². The number of carbonyl (C=O) groups excluding carboxylic acids is 2. The zero-order valence-electron chi connectivity index (χ0n) is 22.4. The molecule has 3 rings (SSSR count). The Hall–Kier alpha value is -2.43. The van der Waals surface area contributed by atoms with Crippen molar-refractivity contribution in [1.82, 2.24) is 20.9 Å². The molecule has 3 atom stereocenters. The lowest BCUT2D eigenvalue weighted by molar-refractivity contribution is 0.0165. The van der Waals surface area contributed by atoms with Gasteiger partial charge in [-0.2, -0.15) is 0 Å². The van der Waals surface area contributed by atoms with Crippen LogP contribution in [0.25, 0.3) is 0 Å². The number of likely N-dealkylation sites (tertiary alicyclic amines) is 1. The van der Waals surface area contributed by atoms with Crippen LogP contribution in [0.4, 0.5) is 14.0 Å². The Bertz CT molecular complexity index is 847. The minimum absolute atomic E-state index is 0.00557. The van der Waals surface area contributed by atoms with Crippen LogP contribution in [0.5, 0.6) is 0 Å². The van der Waals surface area contributed by atoms with Crippen molar-refractivity contribution in [1.29, 1.82) is 0 Å². The van der Waals surface area contributed by atoms with Crippen molar-refractivity contribution in [2.75, 3.05) is 60.2 Å². The van der Waals surface area contributed by atoms with Crippen LogP contribution in [0.15, 0.2) is 18.2 Å². The number of aryl methyl sites for hydroxylation is 1. The number of ether oxygens (including phenoxy) is 3. The summed E-state index contributed by atoms with van der Waals surface area (Å²) in [4.78, 5) is 26.8. The first-order chi connectivity index (χ1) is 17.9. The van der Waals surface area contributed by atoms with Crippen LogP contribution in [0.2, 0.25) is 0 Å². The van der Waals surface area contributed by atoms with Gasteiger partial charge >= 0.3 is 12.1 Å². The van der Waals surface area contributed by atoms with Gasteiger partial charge in [0.05, 0.1) is 19.3 Å². The van der Waals surface area contributed by atoms with E-state index >= 15 is 0 Å². The number of rotatable bonds is 11. The van der Waals surface area contributed by atoms with E-state index < -0.39 is 6.09 Å². The van der Waals surface area contributed by atoms with Crippen molar-refractivity contribution in [2.45, 2.75) is 51.1 Å². The van der Waals surface area contributed by atoms with Crippen molar-refractivity contribution in [3.63, 3.8) is 0 Å². The van der Waals surface area contributed by atoms with Crippen molar-refractivity contribution in [2.24, 2.45) is 11.8 Å². The highest BCUT2D eigenvalue weighted by Gasteiger charge is 2.37. The van der Waals surface area contributed by atoms with Crippen LogP contribution in [0.1, 0.15) is 49.3 Å². The molecule has 0 saturated carbocycles. The summed E-state index contributed by atoms with van der Waals surface area (Å²) in [6.45, 7) is 5.44. The second-order valence-electron chi connectivity index (χ2n) is 10.1. The van der Waals surface area contributed by atoms with Gasteiger partial charge in [0.15, 0.2) is 0 Å². The molecule has 0 spiro atoms. The first-order valence-electron chi connectivity index (χ1n) is 13.4. The predicted molar refractivity (Wildman–Crippen MR) is 139 cm³/mol. The molecule has 1 aromatic carbocycles. The fourth-order valence-corrected chi connectivity index (χ4v) is 5.45. The fraction of sp³-hybridized carbons (Fsp3) is 0.704. The number of nitrogens with one attached hydrogen (secondary N) is 3. The molecular weight excluding hydrogens is 479 g/mol. The van der Waals surface area contributed by atoms with Crippen LogP contribution >= 0.6 is 0 Å². The molecule has 0 bridgehead atoms. The van der Waals surface area contributed by atoms with E-state index in [1.54, 1.807) is 0 Å². The van der Waals surface area contributed by atoms with Crippen molar-refractivity contribution in [3.8, 4) is 0 Å². The molecule has 0 radical (unpaired) electrons. The lowest BCUT2D eigenvalue weighted by atomic mass is 9.84. The molecule has 2 fully saturated rings. The third-order valence-electron chi connectivity index (χ3n) is 7.16. The SMILES string of the molecule is CNCC(CC1CCOCC1)NC(=O)N1CCCC(COCCOC(=O)NC)C1c1cc(C)cc(F)c1. The molecule has 0 aromatic heterocycles. The highest BCUT2D eigenvalue weighted by Crippen LogP contribution is 2.37. The number of urea groups is 1. The number of benzene rings is 1. The second-order valence-corrected chi connectivity index (χ2v) is 10.1. The standard InChI is InChI=1S/C27H43FN4O5/c1-19-13-22(16-23(28)14-19)25-21(18-36-11-12-37-27(34)30-3)5-4-8-32(25)26(33)31-24(17-29-2)15-20-6-9-35-10-7-20/h13-14,16,20-21,24-25,29H,4-12,15,17-18H2,1-3H3,(H,30,34)(H,31,33). The zero-order chi connectivity index (χ0) is 26.6. The molecule has 2 saturated heterocycles. The first kappa shape index (κ1) is 29.1. The quantitative estimate of drug-likeness (QED) is 0.385. The first-order valence-corrected chi connectivity index (χ1v) is 13.4. The predicted octanol–water partition coefficient (Wildman–Crippen LogP) is 3.37. The third-order valence-corrected chi connectivity index (χ3v) is 7.16. The van der Waals surface area contributed by atoms with E-state index in [2.05, 4.69) is 16.0 Å². The van der Waals surface area contributed by atoms with E-state index in [0.29, 0.717) is 25.6 Å². The number of halogens is 1. The lowest BCUT2D eigenvalue weighted by Crippen LogP contribution is -2.53. The van der Waals surface area contributed by atoms with Crippen molar-refractivity contribution in [3.05, 3.63) is 35.1 Å². The van der Waals surface area contributed by atoms with Gasteiger partial charge in [-0.1, -0.05) is 6.07 Å². The van der Waals surface area contributed by atoms with E-state index in [1.165, 1.54) is 19.2 Å². The molecule has 37 heavy (non-hydrogen) atoms. The molecule has 3 unspecified atom stereocenters. The molecular formula is C27H43FN4O5. The Balaban J connectivity index is 1.72. The van der Waals surface area contributed by atoms with Crippen molar-refractivity contribution >= 4 is 12.1 Å². The average Bonchev–Trinajstić information content (AvgIpc) is 2.88. The van der Waals surface area contributed by atoms with Gasteiger partial charge in [0.25, 0.3) is 0 Å². The fourth-order valence-electron chi connectivity index (χ4n) is 5.45. The number of likely N-dealkylation sites (N-methyl/N-ethyl adjacent to an activating group) is 1. The number of hydrogen-bond acceptors (Lipinski definition) is 6. The number of alkyl carbamates (subject to hydrolysis) is 1. The van der Waals surface area contributed by atoms with Crippen LogP contribution in [0.3, 0.4) is 0 Å². The molecule has 2 aliphatic heterocycles. The van der Waals surface area contributed by atoms with Crippen LogP contribution in [-0.2, 0) is 14.2 Å². The average molecular weight is 523 g/mol. The van der Waals surface area contributed by atoms with Gasteiger partial charge in [-0.3, -0.25) is 0 Å². The summed E-state index contributed by atoms with van der Waals surface area (Å²) in [5.74, 6) is 0.194. The topological polar surface area (TPSA) is 101 Å². The van der Waals surface area contributed by atoms with Gasteiger partial charge in [-0.25, -0.2) is 14.0 Å². The van der Waals surface area contributed by atoms with E-state index in [9.17, 15) is 14.0 Å². The lowest BCUT2D eigenvalue weighted by Gasteiger charge is -2.42. The van der Waals surface area contributed by atoms with Gasteiger partial charge in [0, 0.05) is 45.3 Å². The highest BCUT2D eigenvalue weighted by molar-refractivity contribution is 5.75. The van der Waals surface area contributed by atoms with E-state index in [1.807, 2.05) is 24.9 Å². The second kappa shape index (κ2) is 15.1. The maximum absolute atomic E-state index is 14.4. The molecule has 0 aliphatic carbocycles. The summed E-state index contributed by atoms with van der Waals surface area (Å²) < 4.78 is 30.8. The molecule has 10 heteroatoms. The minimum Gasteiger partial charge on any atom is -0.447 e. The van der Waals surface area contributed by atoms with Gasteiger partial charge in [0.1, 0.15) is 12.4 Å². The Morgan fingerprint density at radius 2 is 1.95 bits per heavy atom. The number of hydrogen-bond donors (Lipinski definition) is 3. The van der Waals surface area contributed by atoms with Gasteiger partial charge in [0.2, 0.25) is 0 Å².